The van der Waals surface area contributed by atoms with E-state index in [4.69, 9.17) is 0 Å². The molecule has 0 atom stereocenters. The van der Waals surface area contributed by atoms with Gasteiger partial charge in [-0.1, -0.05) is 60.7 Å². The van der Waals surface area contributed by atoms with E-state index < -0.39 is 0 Å². The third-order valence-electron chi connectivity index (χ3n) is 8.23. The Labute approximate surface area is 261 Å². The summed E-state index contributed by atoms with van der Waals surface area (Å²) in [4.78, 5) is 0. The van der Waals surface area contributed by atoms with Crippen molar-refractivity contribution in [3.8, 4) is 51.6 Å². The Balaban J connectivity index is 1.50. The molecule has 0 fully saturated rings. The van der Waals surface area contributed by atoms with Crippen molar-refractivity contribution in [3.05, 3.63) is 132 Å². The second-order valence-corrected chi connectivity index (χ2v) is 12.8. The number of benzene rings is 6. The highest BCUT2D eigenvalue weighted by atomic mass is 32.1. The number of hydrogen-bond acceptors (Lipinski definition) is 5. The minimum Gasteiger partial charge on any atom is -0.192 e. The molecule has 2 heterocycles. The SMILES string of the molecule is N#Cc1cccc(C#N)c1-c1cc(-c2ccc3sc4ccccc4c3c2)cc(-c2cccc3sc4ccccc4c23)c1C#N. The van der Waals surface area contributed by atoms with Gasteiger partial charge in [0, 0.05) is 57.0 Å². The Morgan fingerprint density at radius 2 is 1.05 bits per heavy atom. The number of fused-ring (bicyclic) bond motifs is 6. The molecule has 0 amide bonds. The molecular formula is C39H19N3S2. The van der Waals surface area contributed by atoms with Crippen molar-refractivity contribution < 1.29 is 0 Å². The van der Waals surface area contributed by atoms with Gasteiger partial charge in [-0.05, 0) is 71.3 Å². The van der Waals surface area contributed by atoms with Crippen molar-refractivity contribution in [2.45, 2.75) is 0 Å². The fraction of sp³-hybridized carbons (Fsp3) is 0. The molecular weight excluding hydrogens is 575 g/mol. The highest BCUT2D eigenvalue weighted by Gasteiger charge is 2.22. The fourth-order valence-corrected chi connectivity index (χ4v) is 8.49. The van der Waals surface area contributed by atoms with Gasteiger partial charge in [-0.3, -0.25) is 0 Å². The first-order valence-electron chi connectivity index (χ1n) is 14.0. The highest BCUT2D eigenvalue weighted by Crippen LogP contribution is 2.45. The summed E-state index contributed by atoms with van der Waals surface area (Å²) in [7, 11) is 0. The zero-order valence-electron chi connectivity index (χ0n) is 23.1. The zero-order chi connectivity index (χ0) is 29.8. The fourth-order valence-electron chi connectivity index (χ4n) is 6.27. The third kappa shape index (κ3) is 3.91. The molecule has 44 heavy (non-hydrogen) atoms. The summed E-state index contributed by atoms with van der Waals surface area (Å²) < 4.78 is 4.76. The van der Waals surface area contributed by atoms with E-state index in [2.05, 4.69) is 91.0 Å². The lowest BCUT2D eigenvalue weighted by atomic mass is 9.84. The van der Waals surface area contributed by atoms with E-state index in [1.807, 2.05) is 24.3 Å². The van der Waals surface area contributed by atoms with E-state index >= 15 is 0 Å². The van der Waals surface area contributed by atoms with Crippen LogP contribution in [0.1, 0.15) is 16.7 Å². The van der Waals surface area contributed by atoms with Crippen LogP contribution in [0.5, 0.6) is 0 Å². The van der Waals surface area contributed by atoms with Crippen LogP contribution in [-0.2, 0) is 0 Å². The first-order chi connectivity index (χ1) is 21.7. The molecule has 3 nitrogen and oxygen atoms in total. The number of rotatable bonds is 3. The van der Waals surface area contributed by atoms with Crippen LogP contribution in [0.15, 0.2) is 115 Å². The molecule has 0 aliphatic carbocycles. The van der Waals surface area contributed by atoms with Crippen molar-refractivity contribution >= 4 is 63.0 Å². The molecule has 0 spiro atoms. The number of thiophene rings is 2. The maximum absolute atomic E-state index is 10.8. The lowest BCUT2D eigenvalue weighted by molar-refractivity contribution is 1.42. The summed E-state index contributed by atoms with van der Waals surface area (Å²) >= 11 is 3.50. The third-order valence-corrected chi connectivity index (χ3v) is 10.5. The van der Waals surface area contributed by atoms with Crippen LogP contribution in [0.2, 0.25) is 0 Å². The molecule has 2 aromatic heterocycles. The van der Waals surface area contributed by atoms with Gasteiger partial charge in [0.2, 0.25) is 0 Å². The molecule has 0 aliphatic heterocycles. The van der Waals surface area contributed by atoms with E-state index in [0.717, 1.165) is 37.7 Å². The van der Waals surface area contributed by atoms with Gasteiger partial charge in [-0.15, -0.1) is 22.7 Å². The zero-order valence-corrected chi connectivity index (χ0v) is 24.8. The van der Waals surface area contributed by atoms with E-state index in [1.165, 1.54) is 24.9 Å². The van der Waals surface area contributed by atoms with Gasteiger partial charge in [0.1, 0.15) is 6.07 Å². The van der Waals surface area contributed by atoms with Gasteiger partial charge in [0.15, 0.2) is 0 Å². The van der Waals surface area contributed by atoms with Crippen molar-refractivity contribution in [2.24, 2.45) is 0 Å². The average Bonchev–Trinajstić information content (AvgIpc) is 3.65. The molecule has 0 bridgehead atoms. The van der Waals surface area contributed by atoms with Gasteiger partial charge in [0.05, 0.1) is 28.8 Å². The summed E-state index contributed by atoms with van der Waals surface area (Å²) in [6.45, 7) is 0. The van der Waals surface area contributed by atoms with Crippen molar-refractivity contribution in [1.82, 2.24) is 0 Å². The van der Waals surface area contributed by atoms with E-state index in [1.54, 1.807) is 40.9 Å². The van der Waals surface area contributed by atoms with Crippen LogP contribution in [-0.4, -0.2) is 0 Å². The molecule has 6 aromatic carbocycles. The predicted molar refractivity (Wildman–Crippen MR) is 183 cm³/mol. The van der Waals surface area contributed by atoms with Gasteiger partial charge in [0.25, 0.3) is 0 Å². The smallest absolute Gasteiger partial charge is 0.100 e. The number of hydrogen-bond donors (Lipinski definition) is 0. The standard InChI is InChI=1S/C39H19N3S2/c40-20-24-7-5-8-25(21-41)38(24)32-19-26(23-15-16-36-31(17-23)27-9-1-3-12-34(27)43-36)18-30(33(32)22-42)28-11-6-14-37-39(28)29-10-2-4-13-35(29)44-37/h1-19H. The Bertz CT molecular complexity index is 2570. The van der Waals surface area contributed by atoms with Crippen LogP contribution in [0.25, 0.3) is 73.7 Å². The largest absolute Gasteiger partial charge is 0.192 e. The average molecular weight is 594 g/mol. The molecule has 0 N–H and O–H groups in total. The van der Waals surface area contributed by atoms with Crippen LogP contribution < -0.4 is 0 Å². The van der Waals surface area contributed by atoms with Crippen molar-refractivity contribution in [2.75, 3.05) is 0 Å². The number of nitrogens with zero attached hydrogens (tertiary/aromatic N) is 3. The van der Waals surface area contributed by atoms with Crippen LogP contribution in [0, 0.1) is 34.0 Å². The molecule has 0 unspecified atom stereocenters. The summed E-state index contributed by atoms with van der Waals surface area (Å²) in [5.41, 5.74) is 5.89. The first kappa shape index (κ1) is 25.9. The summed E-state index contributed by atoms with van der Waals surface area (Å²) in [6, 6.07) is 45.7. The first-order valence-corrected chi connectivity index (χ1v) is 15.7. The van der Waals surface area contributed by atoms with Crippen molar-refractivity contribution in [1.29, 1.82) is 15.8 Å². The second kappa shape index (κ2) is 10.2. The van der Waals surface area contributed by atoms with Gasteiger partial charge in [-0.25, -0.2) is 0 Å². The Morgan fingerprint density at radius 3 is 1.80 bits per heavy atom. The Morgan fingerprint density at radius 1 is 0.432 bits per heavy atom. The Kier molecular flexibility index (Phi) is 6.00. The predicted octanol–water partition coefficient (Wildman–Crippen LogP) is 11.0. The molecule has 202 valence electrons. The molecule has 8 rings (SSSR count). The monoisotopic (exact) mass is 593 g/mol. The normalized spacial score (nSPS) is 11.1. The molecule has 0 radical (unpaired) electrons. The van der Waals surface area contributed by atoms with Gasteiger partial charge < -0.3 is 0 Å². The van der Waals surface area contributed by atoms with Crippen LogP contribution in [0.4, 0.5) is 0 Å². The maximum Gasteiger partial charge on any atom is 0.100 e. The lowest BCUT2D eigenvalue weighted by Gasteiger charge is -2.17. The van der Waals surface area contributed by atoms with Crippen LogP contribution >= 0.6 is 22.7 Å². The minimum atomic E-state index is 0.363. The molecule has 0 saturated carbocycles. The highest BCUT2D eigenvalue weighted by molar-refractivity contribution is 7.26. The summed E-state index contributed by atoms with van der Waals surface area (Å²) in [6.07, 6.45) is 0. The molecule has 0 saturated heterocycles. The number of nitriles is 3. The van der Waals surface area contributed by atoms with E-state index in [-0.39, 0.29) is 0 Å². The van der Waals surface area contributed by atoms with Gasteiger partial charge in [-0.2, -0.15) is 15.8 Å². The molecule has 5 heteroatoms. The van der Waals surface area contributed by atoms with Crippen LogP contribution in [0.3, 0.4) is 0 Å². The summed E-state index contributed by atoms with van der Waals surface area (Å²) in [5, 5.41) is 35.6. The lowest BCUT2D eigenvalue weighted by Crippen LogP contribution is -1.97. The molecule has 8 aromatic rings. The second-order valence-electron chi connectivity index (χ2n) is 10.6. The summed E-state index contributed by atoms with van der Waals surface area (Å²) in [5.74, 6) is 0. The van der Waals surface area contributed by atoms with Crippen molar-refractivity contribution in [3.63, 3.8) is 0 Å². The van der Waals surface area contributed by atoms with Gasteiger partial charge >= 0.3 is 0 Å². The Hall–Kier alpha value is -5.77. The maximum atomic E-state index is 10.8. The minimum absolute atomic E-state index is 0.363. The topological polar surface area (TPSA) is 71.4 Å². The molecule has 0 aliphatic rings. The van der Waals surface area contributed by atoms with E-state index in [0.29, 0.717) is 27.8 Å². The van der Waals surface area contributed by atoms with E-state index in [9.17, 15) is 15.8 Å². The quantitative estimate of drug-likeness (QED) is 0.205.